The molecule has 1 atom stereocenters. The van der Waals surface area contributed by atoms with Gasteiger partial charge in [-0.3, -0.25) is 0 Å². The van der Waals surface area contributed by atoms with Crippen LogP contribution in [-0.2, 0) is 6.42 Å². The van der Waals surface area contributed by atoms with Crippen LogP contribution in [0.3, 0.4) is 0 Å². The molecule has 3 heteroatoms. The van der Waals surface area contributed by atoms with Crippen LogP contribution in [0.1, 0.15) is 36.1 Å². The molecule has 110 valence electrons. The van der Waals surface area contributed by atoms with Crippen LogP contribution in [0.4, 0.5) is 0 Å². The summed E-state index contributed by atoms with van der Waals surface area (Å²) in [5.74, 6) is 0. The van der Waals surface area contributed by atoms with Crippen molar-refractivity contribution in [1.29, 1.82) is 0 Å². The maximum atomic E-state index is 3.73. The molecule has 0 amide bonds. The van der Waals surface area contributed by atoms with Crippen molar-refractivity contribution in [3.8, 4) is 0 Å². The molecule has 3 aromatic rings. The predicted molar refractivity (Wildman–Crippen MR) is 95.6 cm³/mol. The van der Waals surface area contributed by atoms with Crippen molar-refractivity contribution < 1.29 is 0 Å². The Morgan fingerprint density at radius 3 is 2.76 bits per heavy atom. The smallest absolute Gasteiger partial charge is 0.0372 e. The summed E-state index contributed by atoms with van der Waals surface area (Å²) in [6.45, 7) is 5.52. The first kappa shape index (κ1) is 14.8. The van der Waals surface area contributed by atoms with Gasteiger partial charge in [-0.25, -0.2) is 0 Å². The zero-order valence-corrected chi connectivity index (χ0v) is 14.2. The van der Waals surface area contributed by atoms with E-state index in [0.29, 0.717) is 6.04 Å². The lowest BCUT2D eigenvalue weighted by atomic mass is 9.98. The lowest BCUT2D eigenvalue weighted by molar-refractivity contribution is 0.530. The fraction of sp³-hybridized carbons (Fsp3) is 0.333. The van der Waals surface area contributed by atoms with Crippen molar-refractivity contribution >= 4 is 32.8 Å². The van der Waals surface area contributed by atoms with Crippen LogP contribution in [0.25, 0.3) is 10.1 Å². The Morgan fingerprint density at radius 1 is 1.14 bits per heavy atom. The second-order valence-corrected chi connectivity index (χ2v) is 7.13. The number of benzene rings is 1. The van der Waals surface area contributed by atoms with Gasteiger partial charge in [-0.15, -0.1) is 11.3 Å². The monoisotopic (exact) mass is 315 g/mol. The number of fused-ring (bicyclic) bond motifs is 1. The second kappa shape index (κ2) is 6.73. The largest absolute Gasteiger partial charge is 0.310 e. The first-order chi connectivity index (χ1) is 10.3. The number of rotatable bonds is 6. The molecule has 0 aliphatic carbocycles. The minimum Gasteiger partial charge on any atom is -0.310 e. The van der Waals surface area contributed by atoms with E-state index in [1.165, 1.54) is 33.2 Å². The fourth-order valence-electron chi connectivity index (χ4n) is 2.75. The molecule has 0 spiro atoms. The Hall–Kier alpha value is -1.16. The third-order valence-corrected chi connectivity index (χ3v) is 5.79. The van der Waals surface area contributed by atoms with Crippen molar-refractivity contribution in [3.63, 3.8) is 0 Å². The van der Waals surface area contributed by atoms with Crippen LogP contribution in [-0.4, -0.2) is 6.54 Å². The minimum atomic E-state index is 0.425. The molecule has 1 nitrogen and oxygen atoms in total. The second-order valence-electron chi connectivity index (χ2n) is 5.48. The van der Waals surface area contributed by atoms with E-state index in [1.807, 2.05) is 11.3 Å². The summed E-state index contributed by atoms with van der Waals surface area (Å²) in [6, 6.07) is 9.16. The van der Waals surface area contributed by atoms with Gasteiger partial charge in [0.2, 0.25) is 0 Å². The van der Waals surface area contributed by atoms with Crippen molar-refractivity contribution in [2.24, 2.45) is 0 Å². The molecule has 0 radical (unpaired) electrons. The number of thiophene rings is 2. The molecule has 0 saturated heterocycles. The molecule has 3 rings (SSSR count). The van der Waals surface area contributed by atoms with Gasteiger partial charge in [0.05, 0.1) is 0 Å². The molecule has 2 heterocycles. The van der Waals surface area contributed by atoms with E-state index < -0.39 is 0 Å². The van der Waals surface area contributed by atoms with Gasteiger partial charge in [0, 0.05) is 10.7 Å². The van der Waals surface area contributed by atoms with Crippen LogP contribution >= 0.6 is 22.7 Å². The fourth-order valence-corrected chi connectivity index (χ4v) is 4.63. The van der Waals surface area contributed by atoms with E-state index >= 15 is 0 Å². The van der Waals surface area contributed by atoms with Gasteiger partial charge >= 0.3 is 0 Å². The molecule has 1 aromatic carbocycles. The molecule has 0 saturated carbocycles. The van der Waals surface area contributed by atoms with Gasteiger partial charge < -0.3 is 5.32 Å². The van der Waals surface area contributed by atoms with E-state index in [-0.39, 0.29) is 0 Å². The molecule has 0 aliphatic heterocycles. The van der Waals surface area contributed by atoms with E-state index in [2.05, 4.69) is 59.6 Å². The Kier molecular flexibility index (Phi) is 4.73. The highest BCUT2D eigenvalue weighted by Crippen LogP contribution is 2.31. The van der Waals surface area contributed by atoms with Gasteiger partial charge in [-0.1, -0.05) is 25.1 Å². The summed E-state index contributed by atoms with van der Waals surface area (Å²) in [5, 5.41) is 12.0. The van der Waals surface area contributed by atoms with Gasteiger partial charge in [-0.2, -0.15) is 11.3 Å². The molecular formula is C18H21NS2. The average molecular weight is 316 g/mol. The van der Waals surface area contributed by atoms with Crippen molar-refractivity contribution in [1.82, 2.24) is 5.32 Å². The molecule has 0 aliphatic rings. The van der Waals surface area contributed by atoms with E-state index in [0.717, 1.165) is 13.0 Å². The highest BCUT2D eigenvalue weighted by molar-refractivity contribution is 7.17. The SMILES string of the molecule is CCCNC(Cc1csc2ccccc12)c1cscc1C. The summed E-state index contributed by atoms with van der Waals surface area (Å²) in [6.07, 6.45) is 2.24. The van der Waals surface area contributed by atoms with Crippen LogP contribution in [0, 0.1) is 6.92 Å². The standard InChI is InChI=1S/C18H21NS2/c1-3-8-19-17(16-12-20-10-13(16)2)9-14-11-21-18-7-5-4-6-15(14)18/h4-7,10-12,17,19H,3,8-9H2,1-2H3. The van der Waals surface area contributed by atoms with Gasteiger partial charge in [0.1, 0.15) is 0 Å². The number of hydrogen-bond acceptors (Lipinski definition) is 3. The van der Waals surface area contributed by atoms with Crippen LogP contribution < -0.4 is 5.32 Å². The maximum absolute atomic E-state index is 3.73. The quantitative estimate of drug-likeness (QED) is 0.628. The Bertz CT molecular complexity index is 711. The molecule has 1 unspecified atom stereocenters. The van der Waals surface area contributed by atoms with Crippen LogP contribution in [0.5, 0.6) is 0 Å². The molecule has 0 bridgehead atoms. The molecule has 2 aromatic heterocycles. The Balaban J connectivity index is 1.89. The molecule has 0 fully saturated rings. The zero-order valence-electron chi connectivity index (χ0n) is 12.6. The number of aryl methyl sites for hydroxylation is 1. The number of hydrogen-bond donors (Lipinski definition) is 1. The summed E-state index contributed by atoms with van der Waals surface area (Å²) in [4.78, 5) is 0. The highest BCUT2D eigenvalue weighted by atomic mass is 32.1. The molecular weight excluding hydrogens is 294 g/mol. The van der Waals surface area contributed by atoms with Crippen molar-refractivity contribution in [2.45, 2.75) is 32.7 Å². The normalized spacial score (nSPS) is 12.9. The van der Waals surface area contributed by atoms with E-state index in [1.54, 1.807) is 11.3 Å². The maximum Gasteiger partial charge on any atom is 0.0372 e. The van der Waals surface area contributed by atoms with Crippen molar-refractivity contribution in [2.75, 3.05) is 6.54 Å². The molecule has 1 N–H and O–H groups in total. The van der Waals surface area contributed by atoms with E-state index in [4.69, 9.17) is 0 Å². The van der Waals surface area contributed by atoms with Crippen molar-refractivity contribution in [3.05, 3.63) is 57.1 Å². The van der Waals surface area contributed by atoms with E-state index in [9.17, 15) is 0 Å². The van der Waals surface area contributed by atoms with Gasteiger partial charge in [0.25, 0.3) is 0 Å². The Morgan fingerprint density at radius 2 is 2.00 bits per heavy atom. The average Bonchev–Trinajstić information content (AvgIpc) is 3.10. The summed E-state index contributed by atoms with van der Waals surface area (Å²) >= 11 is 3.66. The van der Waals surface area contributed by atoms with Gasteiger partial charge in [-0.05, 0) is 70.6 Å². The Labute approximate surface area is 134 Å². The summed E-state index contributed by atoms with van der Waals surface area (Å²) in [5.41, 5.74) is 4.34. The third-order valence-electron chi connectivity index (χ3n) is 3.90. The van der Waals surface area contributed by atoms with Gasteiger partial charge in [0.15, 0.2) is 0 Å². The van der Waals surface area contributed by atoms with Crippen LogP contribution in [0.15, 0.2) is 40.4 Å². The number of nitrogens with one attached hydrogen (secondary N) is 1. The first-order valence-electron chi connectivity index (χ1n) is 7.50. The lowest BCUT2D eigenvalue weighted by Gasteiger charge is -2.18. The van der Waals surface area contributed by atoms with Crippen LogP contribution in [0.2, 0.25) is 0 Å². The minimum absolute atomic E-state index is 0.425. The highest BCUT2D eigenvalue weighted by Gasteiger charge is 2.16. The first-order valence-corrected chi connectivity index (χ1v) is 9.33. The zero-order chi connectivity index (χ0) is 14.7. The topological polar surface area (TPSA) is 12.0 Å². The summed E-state index contributed by atoms with van der Waals surface area (Å²) in [7, 11) is 0. The third kappa shape index (κ3) is 3.20. The summed E-state index contributed by atoms with van der Waals surface area (Å²) < 4.78 is 1.39. The lowest BCUT2D eigenvalue weighted by Crippen LogP contribution is -2.24. The molecule has 21 heavy (non-hydrogen) atoms. The predicted octanol–water partition coefficient (Wildman–Crippen LogP) is 5.55.